The second-order valence-electron chi connectivity index (χ2n) is 8.27. The maximum atomic E-state index is 13.4. The van der Waals surface area contributed by atoms with Gasteiger partial charge < -0.3 is 9.64 Å². The van der Waals surface area contributed by atoms with Crippen LogP contribution < -0.4 is 10.2 Å². The van der Waals surface area contributed by atoms with E-state index in [9.17, 15) is 36.4 Å². The zero-order valence-corrected chi connectivity index (χ0v) is 20.5. The molecule has 200 valence electrons. The fourth-order valence-corrected chi connectivity index (χ4v) is 6.13. The lowest BCUT2D eigenvalue weighted by molar-refractivity contribution is -0.274. The molecule has 1 amide bonds. The molecule has 1 saturated heterocycles. The van der Waals surface area contributed by atoms with Crippen molar-refractivity contribution in [3.8, 4) is 5.75 Å². The summed E-state index contributed by atoms with van der Waals surface area (Å²) in [6.07, 6.45) is -1.98. The average molecular weight is 534 g/mol. The number of carbonyl (C=O) groups excluding carboxylic acids is 2. The van der Waals surface area contributed by atoms with Gasteiger partial charge in [0.05, 0.1) is 0 Å². The molecule has 1 aromatic carbocycles. The van der Waals surface area contributed by atoms with Gasteiger partial charge in [0, 0.05) is 38.2 Å². The number of halogens is 3. The number of sulfonamides is 1. The monoisotopic (exact) mass is 533 g/mol. The topological polar surface area (TPSA) is 116 Å². The van der Waals surface area contributed by atoms with Gasteiger partial charge in [-0.15, -0.1) is 26.3 Å². The fraction of sp³-hybridized carbons (Fsp3) is 0.478. The van der Waals surface area contributed by atoms with Crippen LogP contribution in [0.5, 0.6) is 5.75 Å². The van der Waals surface area contributed by atoms with Crippen molar-refractivity contribution in [2.75, 3.05) is 32.7 Å². The molecule has 0 unspecified atom stereocenters. The molecule has 2 N–H and O–H groups in total. The first-order valence-corrected chi connectivity index (χ1v) is 12.6. The van der Waals surface area contributed by atoms with E-state index < -0.39 is 32.8 Å². The number of hydrogen-bond donors (Lipinski definition) is 2. The van der Waals surface area contributed by atoms with Crippen LogP contribution in [0.15, 0.2) is 49.6 Å². The number of ketones is 1. The lowest BCUT2D eigenvalue weighted by Crippen LogP contribution is -2.60. The quantitative estimate of drug-likeness (QED) is 0.173. The Bertz CT molecular complexity index is 1030. The minimum absolute atomic E-state index is 0.117. The molecule has 0 saturated carbocycles. The molecule has 1 aliphatic rings. The summed E-state index contributed by atoms with van der Waals surface area (Å²) in [6.45, 7) is 8.56. The van der Waals surface area contributed by atoms with E-state index in [-0.39, 0.29) is 43.7 Å². The Morgan fingerprint density at radius 1 is 1.06 bits per heavy atom. The summed E-state index contributed by atoms with van der Waals surface area (Å²) in [4.78, 5) is 26.7. The molecule has 1 aromatic rings. The van der Waals surface area contributed by atoms with Crippen LogP contribution in [-0.4, -0.2) is 78.4 Å². The Kier molecular flexibility index (Phi) is 10.2. The van der Waals surface area contributed by atoms with Crippen molar-refractivity contribution in [3.05, 3.63) is 55.1 Å². The molecule has 1 heterocycles. The van der Waals surface area contributed by atoms with Gasteiger partial charge in [0.2, 0.25) is 10.0 Å². The second-order valence-corrected chi connectivity index (χ2v) is 10.5. The van der Waals surface area contributed by atoms with Crippen LogP contribution in [0, 0.1) is 0 Å². The Morgan fingerprint density at radius 3 is 2.08 bits per heavy atom. The lowest BCUT2D eigenvalue weighted by Gasteiger charge is -2.39. The van der Waals surface area contributed by atoms with Crippen LogP contribution in [0.1, 0.15) is 36.0 Å². The molecule has 0 spiro atoms. The normalized spacial score (nSPS) is 15.8. The first-order chi connectivity index (χ1) is 16.9. The summed E-state index contributed by atoms with van der Waals surface area (Å²) in [5, 5.41) is 9.17. The summed E-state index contributed by atoms with van der Waals surface area (Å²) in [7, 11) is -4.17. The maximum absolute atomic E-state index is 13.4. The highest BCUT2D eigenvalue weighted by Gasteiger charge is 2.52. The number of nitrogens with zero attached hydrogens (tertiary/aromatic N) is 2. The van der Waals surface area contributed by atoms with E-state index >= 15 is 0 Å². The van der Waals surface area contributed by atoms with E-state index in [0.29, 0.717) is 26.1 Å². The maximum Gasteiger partial charge on any atom is 0.573 e. The molecule has 13 heteroatoms. The minimum atomic E-state index is -4.81. The van der Waals surface area contributed by atoms with E-state index in [4.69, 9.17) is 0 Å². The highest BCUT2D eigenvalue weighted by atomic mass is 32.2. The van der Waals surface area contributed by atoms with Crippen molar-refractivity contribution in [3.63, 3.8) is 0 Å². The van der Waals surface area contributed by atoms with Gasteiger partial charge in [-0.3, -0.25) is 14.8 Å². The van der Waals surface area contributed by atoms with E-state index in [0.717, 1.165) is 12.1 Å². The molecule has 2 rings (SSSR count). The number of hydrogen-bond acceptors (Lipinski definition) is 7. The van der Waals surface area contributed by atoms with Gasteiger partial charge in [0.1, 0.15) is 5.75 Å². The number of allylic oxidation sites excluding steroid dienone is 2. The predicted octanol–water partition coefficient (Wildman–Crippen LogP) is 2.89. The third kappa shape index (κ3) is 7.15. The number of piperazine rings is 1. The number of ether oxygens (including phenoxy) is 1. The van der Waals surface area contributed by atoms with Crippen LogP contribution in [0.25, 0.3) is 0 Å². The number of alkyl halides is 3. The second kappa shape index (κ2) is 12.5. The van der Waals surface area contributed by atoms with Crippen molar-refractivity contribution in [1.29, 1.82) is 0 Å². The number of hydroxylamine groups is 1. The summed E-state index contributed by atoms with van der Waals surface area (Å²) in [5.74, 6) is -1.70. The molecule has 0 aromatic heterocycles. The zero-order valence-electron chi connectivity index (χ0n) is 19.7. The predicted molar refractivity (Wildman–Crippen MR) is 126 cm³/mol. The fourth-order valence-electron chi connectivity index (χ4n) is 4.06. The third-order valence-corrected chi connectivity index (χ3v) is 8.47. The Labute approximate surface area is 208 Å². The number of rotatable bonds is 13. The summed E-state index contributed by atoms with van der Waals surface area (Å²) in [5.41, 5.74) is 1.72. The van der Waals surface area contributed by atoms with Crippen molar-refractivity contribution < 1.29 is 41.1 Å². The van der Waals surface area contributed by atoms with Crippen LogP contribution in [0.4, 0.5) is 13.2 Å². The lowest BCUT2D eigenvalue weighted by atomic mass is 9.99. The van der Waals surface area contributed by atoms with E-state index in [1.165, 1.54) is 34.1 Å². The van der Waals surface area contributed by atoms with Gasteiger partial charge in [-0.05, 0) is 50.1 Å². The first-order valence-electron chi connectivity index (χ1n) is 11.2. The highest BCUT2D eigenvalue weighted by molar-refractivity contribution is 7.91. The molecular formula is C23H30F3N3O6S. The molecule has 0 aliphatic carbocycles. The van der Waals surface area contributed by atoms with E-state index in [1.54, 1.807) is 0 Å². The highest BCUT2D eigenvalue weighted by Crippen LogP contribution is 2.32. The number of carbonyl (C=O) groups is 2. The molecule has 0 atom stereocenters. The smallest absolute Gasteiger partial charge is 0.406 e. The van der Waals surface area contributed by atoms with Crippen molar-refractivity contribution in [2.24, 2.45) is 0 Å². The average Bonchev–Trinajstić information content (AvgIpc) is 2.83. The summed E-state index contributed by atoms with van der Waals surface area (Å²) >= 11 is 0. The molecule has 1 aliphatic heterocycles. The number of Topliss-reactive ketones (excluding diaryl/α,β-unsaturated/α-hetero) is 1. The molecule has 0 radical (unpaired) electrons. The van der Waals surface area contributed by atoms with Crippen LogP contribution in [-0.2, 0) is 14.8 Å². The molecule has 36 heavy (non-hydrogen) atoms. The van der Waals surface area contributed by atoms with Crippen LogP contribution >= 0.6 is 0 Å². The van der Waals surface area contributed by atoms with Gasteiger partial charge in [0.15, 0.2) is 10.5 Å². The molecule has 1 fully saturated rings. The van der Waals surface area contributed by atoms with Crippen molar-refractivity contribution in [1.82, 2.24) is 14.7 Å². The van der Waals surface area contributed by atoms with Gasteiger partial charge in [-0.2, -0.15) is 4.31 Å². The molecular weight excluding hydrogens is 503 g/mol. The Balaban J connectivity index is 1.91. The largest absolute Gasteiger partial charge is 0.573 e. The summed E-state index contributed by atoms with van der Waals surface area (Å²) < 4.78 is 66.5. The SMILES string of the molecule is C=CCC(CC=C)(C(=O)NO)S(=O)(=O)N1CCN(CCCC(=O)c2ccc(OC(F)(F)F)cc2)CC1. The van der Waals surface area contributed by atoms with E-state index in [1.807, 2.05) is 4.90 Å². The minimum Gasteiger partial charge on any atom is -0.406 e. The molecule has 0 bridgehead atoms. The summed E-state index contributed by atoms with van der Waals surface area (Å²) in [6, 6.07) is 4.70. The Morgan fingerprint density at radius 2 is 1.61 bits per heavy atom. The first kappa shape index (κ1) is 29.5. The van der Waals surface area contributed by atoms with Crippen LogP contribution in [0.2, 0.25) is 0 Å². The standard InChI is InChI=1S/C23H30F3N3O6S/c1-3-11-22(12-4-2,21(31)27-32)36(33,34)29-16-14-28(15-17-29)13-5-6-20(30)18-7-9-19(10-8-18)35-23(24,25)26/h3-4,7-10,32H,1-2,5-6,11-17H2,(H,27,31). The van der Waals surface area contributed by atoms with E-state index in [2.05, 4.69) is 17.9 Å². The number of nitrogens with one attached hydrogen (secondary N) is 1. The van der Waals surface area contributed by atoms with Crippen molar-refractivity contribution >= 4 is 21.7 Å². The Hall–Kier alpha value is -2.74. The van der Waals surface area contributed by atoms with Gasteiger partial charge >= 0.3 is 6.36 Å². The van der Waals surface area contributed by atoms with Crippen LogP contribution in [0.3, 0.4) is 0 Å². The van der Waals surface area contributed by atoms with Gasteiger partial charge in [-0.1, -0.05) is 12.2 Å². The van der Waals surface area contributed by atoms with Gasteiger partial charge in [0.25, 0.3) is 5.91 Å². The van der Waals surface area contributed by atoms with Gasteiger partial charge in [-0.25, -0.2) is 13.9 Å². The number of amides is 1. The number of benzene rings is 1. The zero-order chi connectivity index (χ0) is 27.0. The van der Waals surface area contributed by atoms with Crippen molar-refractivity contribution in [2.45, 2.75) is 36.8 Å². The molecule has 9 nitrogen and oxygen atoms in total. The third-order valence-electron chi connectivity index (χ3n) is 5.92.